The van der Waals surface area contributed by atoms with Crippen LogP contribution < -0.4 is 4.72 Å². The molecule has 0 amide bonds. The summed E-state index contributed by atoms with van der Waals surface area (Å²) in [6, 6.07) is 8.46. The van der Waals surface area contributed by atoms with Gasteiger partial charge in [-0.2, -0.15) is 0 Å². The van der Waals surface area contributed by atoms with E-state index in [4.69, 9.17) is 0 Å². The highest BCUT2D eigenvalue weighted by atomic mass is 127. The molecule has 0 aliphatic carbocycles. The molecular formula is C13H17I2NO2S. The van der Waals surface area contributed by atoms with Gasteiger partial charge >= 0.3 is 0 Å². The largest absolute Gasteiger partial charge is 0.240 e. The zero-order valence-corrected chi connectivity index (χ0v) is 15.8. The van der Waals surface area contributed by atoms with Gasteiger partial charge in [0.15, 0.2) is 0 Å². The van der Waals surface area contributed by atoms with E-state index in [0.717, 1.165) is 19.3 Å². The van der Waals surface area contributed by atoms with Gasteiger partial charge in [-0.1, -0.05) is 25.1 Å². The van der Waals surface area contributed by atoms with Crippen LogP contribution in [-0.4, -0.2) is 15.0 Å². The van der Waals surface area contributed by atoms with Gasteiger partial charge in [-0.3, -0.25) is 0 Å². The molecule has 0 bridgehead atoms. The van der Waals surface area contributed by atoms with E-state index in [2.05, 4.69) is 56.8 Å². The molecule has 0 spiro atoms. The van der Waals surface area contributed by atoms with Crippen LogP contribution in [0.4, 0.5) is 0 Å². The molecule has 1 aromatic carbocycles. The van der Waals surface area contributed by atoms with E-state index >= 15 is 0 Å². The third-order valence-corrected chi connectivity index (χ3v) is 7.64. The van der Waals surface area contributed by atoms with Crippen molar-refractivity contribution in [1.82, 2.24) is 4.72 Å². The monoisotopic (exact) mass is 505 g/mol. The molecule has 0 aliphatic heterocycles. The minimum Gasteiger partial charge on any atom is -0.211 e. The third-order valence-electron chi connectivity index (χ3n) is 2.52. The molecule has 0 aliphatic rings. The van der Waals surface area contributed by atoms with Crippen LogP contribution in [0.25, 0.3) is 0 Å². The van der Waals surface area contributed by atoms with Gasteiger partial charge in [0.2, 0.25) is 10.0 Å². The molecule has 1 N–H and O–H groups in total. The number of halogens is 2. The first kappa shape index (κ1) is 17.4. The second-order valence-corrected chi connectivity index (χ2v) is 8.35. The predicted molar refractivity (Wildman–Crippen MR) is 96.2 cm³/mol. The molecule has 0 heterocycles. The number of nitrogens with one attached hydrogen (secondary N) is 1. The Morgan fingerprint density at radius 2 is 1.79 bits per heavy atom. The Labute approximate surface area is 142 Å². The van der Waals surface area contributed by atoms with Crippen molar-refractivity contribution < 1.29 is 8.42 Å². The Morgan fingerprint density at radius 1 is 1.16 bits per heavy atom. The second-order valence-electron chi connectivity index (χ2n) is 3.98. The first-order valence-corrected chi connectivity index (χ1v) is 9.69. The minimum absolute atomic E-state index is 0.323. The van der Waals surface area contributed by atoms with Gasteiger partial charge in [0.1, 0.15) is 0 Å². The SMILES string of the molecule is CC/C(I)=C(\I)CCCNS(=O)(=O)c1ccccc1. The summed E-state index contributed by atoms with van der Waals surface area (Å²) in [6.45, 7) is 2.59. The fourth-order valence-electron chi connectivity index (χ4n) is 1.46. The standard InChI is InChI=1S/C13H17I2NO2S/c1-2-12(14)13(15)9-6-10-16-19(17,18)11-7-4-3-5-8-11/h3-5,7-8,16H,2,6,9-10H2,1H3/b13-12+. The van der Waals surface area contributed by atoms with E-state index in [1.165, 1.54) is 7.16 Å². The third kappa shape index (κ3) is 6.09. The Morgan fingerprint density at radius 3 is 2.37 bits per heavy atom. The molecule has 0 aromatic heterocycles. The molecule has 6 heteroatoms. The molecule has 0 atom stereocenters. The highest BCUT2D eigenvalue weighted by Gasteiger charge is 2.12. The van der Waals surface area contributed by atoms with E-state index in [1.54, 1.807) is 30.3 Å². The maximum Gasteiger partial charge on any atom is 0.240 e. The number of allylic oxidation sites excluding steroid dienone is 2. The lowest BCUT2D eigenvalue weighted by molar-refractivity contribution is 0.579. The van der Waals surface area contributed by atoms with Crippen LogP contribution in [-0.2, 0) is 10.0 Å². The van der Waals surface area contributed by atoms with Crippen molar-refractivity contribution in [2.75, 3.05) is 6.54 Å². The Bertz CT molecular complexity index is 527. The molecule has 3 nitrogen and oxygen atoms in total. The normalized spacial score (nSPS) is 13.2. The average molecular weight is 505 g/mol. The number of benzene rings is 1. The first-order chi connectivity index (χ1) is 8.97. The van der Waals surface area contributed by atoms with Crippen molar-refractivity contribution in [3.63, 3.8) is 0 Å². The molecule has 0 radical (unpaired) electrons. The summed E-state index contributed by atoms with van der Waals surface area (Å²) in [5.74, 6) is 0. The van der Waals surface area contributed by atoms with Crippen LogP contribution in [0.15, 0.2) is 42.4 Å². The Hall–Kier alpha value is 0.330. The molecule has 1 rings (SSSR count). The fourth-order valence-corrected chi connectivity index (χ4v) is 3.59. The zero-order valence-electron chi connectivity index (χ0n) is 10.7. The number of rotatable bonds is 7. The van der Waals surface area contributed by atoms with Gasteiger partial charge in [0.25, 0.3) is 0 Å². The van der Waals surface area contributed by atoms with E-state index in [9.17, 15) is 8.42 Å². The van der Waals surface area contributed by atoms with Crippen LogP contribution in [0, 0.1) is 0 Å². The molecule has 0 saturated carbocycles. The van der Waals surface area contributed by atoms with Gasteiger partial charge in [0.05, 0.1) is 4.90 Å². The lowest BCUT2D eigenvalue weighted by Crippen LogP contribution is -2.24. The van der Waals surface area contributed by atoms with Crippen LogP contribution in [0.3, 0.4) is 0 Å². The summed E-state index contributed by atoms with van der Waals surface area (Å²) in [4.78, 5) is 0.323. The van der Waals surface area contributed by atoms with E-state index in [-0.39, 0.29) is 0 Å². The van der Waals surface area contributed by atoms with Gasteiger partial charge in [0, 0.05) is 6.54 Å². The lowest BCUT2D eigenvalue weighted by Gasteiger charge is -2.07. The quantitative estimate of drug-likeness (QED) is 0.446. The van der Waals surface area contributed by atoms with Crippen LogP contribution in [0.1, 0.15) is 26.2 Å². The average Bonchev–Trinajstić information content (AvgIpc) is 2.43. The van der Waals surface area contributed by atoms with Crippen LogP contribution in [0.2, 0.25) is 0 Å². The maximum atomic E-state index is 11.9. The Kier molecular flexibility index (Phi) is 7.85. The van der Waals surface area contributed by atoms with Crippen molar-refractivity contribution in [3.05, 3.63) is 37.5 Å². The number of sulfonamides is 1. The minimum atomic E-state index is -3.35. The van der Waals surface area contributed by atoms with E-state index in [1.807, 2.05) is 0 Å². The van der Waals surface area contributed by atoms with E-state index in [0.29, 0.717) is 11.4 Å². The molecule has 0 saturated heterocycles. The summed E-state index contributed by atoms with van der Waals surface area (Å²) in [5, 5.41) is 0. The molecule has 0 fully saturated rings. The van der Waals surface area contributed by atoms with E-state index < -0.39 is 10.0 Å². The zero-order chi connectivity index (χ0) is 14.3. The fraction of sp³-hybridized carbons (Fsp3) is 0.385. The van der Waals surface area contributed by atoms with Crippen molar-refractivity contribution >= 4 is 55.2 Å². The summed E-state index contributed by atoms with van der Waals surface area (Å²) in [7, 11) is -3.35. The van der Waals surface area contributed by atoms with Gasteiger partial charge in [-0.15, -0.1) is 0 Å². The topological polar surface area (TPSA) is 46.2 Å². The molecular weight excluding hydrogens is 488 g/mol. The Balaban J connectivity index is 2.46. The molecule has 106 valence electrons. The highest BCUT2D eigenvalue weighted by molar-refractivity contribution is 14.1. The molecule has 0 unspecified atom stereocenters. The highest BCUT2D eigenvalue weighted by Crippen LogP contribution is 2.25. The first-order valence-electron chi connectivity index (χ1n) is 6.05. The van der Waals surface area contributed by atoms with Crippen molar-refractivity contribution in [1.29, 1.82) is 0 Å². The number of hydrogen-bond donors (Lipinski definition) is 1. The van der Waals surface area contributed by atoms with Gasteiger partial charge in [-0.05, 0) is 83.7 Å². The van der Waals surface area contributed by atoms with Crippen molar-refractivity contribution in [3.8, 4) is 0 Å². The summed E-state index contributed by atoms with van der Waals surface area (Å²) >= 11 is 4.68. The smallest absolute Gasteiger partial charge is 0.211 e. The second kappa shape index (κ2) is 8.58. The van der Waals surface area contributed by atoms with Crippen molar-refractivity contribution in [2.24, 2.45) is 0 Å². The predicted octanol–water partition coefficient (Wildman–Crippen LogP) is 4.24. The number of hydrogen-bond acceptors (Lipinski definition) is 2. The molecule has 19 heavy (non-hydrogen) atoms. The summed E-state index contributed by atoms with van der Waals surface area (Å²) in [5.41, 5.74) is 0. The summed E-state index contributed by atoms with van der Waals surface area (Å²) < 4.78 is 29.2. The van der Waals surface area contributed by atoms with Crippen molar-refractivity contribution in [2.45, 2.75) is 31.1 Å². The maximum absolute atomic E-state index is 11.9. The lowest BCUT2D eigenvalue weighted by atomic mass is 10.3. The van der Waals surface area contributed by atoms with Crippen LogP contribution >= 0.6 is 45.2 Å². The van der Waals surface area contributed by atoms with Crippen LogP contribution in [0.5, 0.6) is 0 Å². The summed E-state index contributed by atoms with van der Waals surface area (Å²) in [6.07, 6.45) is 2.77. The molecule has 1 aromatic rings. The van der Waals surface area contributed by atoms with Gasteiger partial charge < -0.3 is 0 Å². The van der Waals surface area contributed by atoms with Gasteiger partial charge in [-0.25, -0.2) is 13.1 Å².